The second-order valence-corrected chi connectivity index (χ2v) is 6.23. The third-order valence-electron chi connectivity index (χ3n) is 4.34. The Hall–Kier alpha value is -2.29. The van der Waals surface area contributed by atoms with E-state index in [0.29, 0.717) is 5.89 Å². The summed E-state index contributed by atoms with van der Waals surface area (Å²) in [4.78, 5) is 7.07. The lowest BCUT2D eigenvalue weighted by molar-refractivity contribution is 0.620. The van der Waals surface area contributed by atoms with E-state index in [0.717, 1.165) is 29.8 Å². The van der Waals surface area contributed by atoms with Crippen molar-refractivity contribution in [2.24, 2.45) is 0 Å². The minimum atomic E-state index is 0.691. The van der Waals surface area contributed by atoms with Crippen molar-refractivity contribution in [2.45, 2.75) is 39.5 Å². The molecule has 3 nitrogen and oxygen atoms in total. The highest BCUT2D eigenvalue weighted by Gasteiger charge is 2.10. The molecule has 0 radical (unpaired) electrons. The van der Waals surface area contributed by atoms with Crippen molar-refractivity contribution in [1.29, 1.82) is 0 Å². The maximum atomic E-state index is 5.86. The first-order valence-electron chi connectivity index (χ1n) is 9.02. The van der Waals surface area contributed by atoms with Gasteiger partial charge in [-0.1, -0.05) is 38.8 Å². The maximum Gasteiger partial charge on any atom is 0.227 e. The van der Waals surface area contributed by atoms with Crippen molar-refractivity contribution < 1.29 is 4.42 Å². The first-order chi connectivity index (χ1) is 11.8. The summed E-state index contributed by atoms with van der Waals surface area (Å²) in [6.07, 6.45) is 4.92. The molecule has 3 rings (SSSR count). The second kappa shape index (κ2) is 8.00. The Morgan fingerprint density at radius 2 is 1.54 bits per heavy atom. The third-order valence-corrected chi connectivity index (χ3v) is 4.34. The summed E-state index contributed by atoms with van der Waals surface area (Å²) >= 11 is 0. The van der Waals surface area contributed by atoms with Crippen molar-refractivity contribution >= 4 is 16.8 Å². The number of anilines is 1. The molecular formula is C21H26N2O. The van der Waals surface area contributed by atoms with Gasteiger partial charge in [0, 0.05) is 24.3 Å². The van der Waals surface area contributed by atoms with Crippen molar-refractivity contribution in [3.05, 3.63) is 48.5 Å². The molecule has 1 heterocycles. The molecule has 0 aliphatic carbocycles. The van der Waals surface area contributed by atoms with Gasteiger partial charge in [-0.25, -0.2) is 4.98 Å². The molecule has 0 atom stereocenters. The number of unbranched alkanes of at least 4 members (excludes halogenated alkanes) is 2. The summed E-state index contributed by atoms with van der Waals surface area (Å²) in [7, 11) is 0. The lowest BCUT2D eigenvalue weighted by Gasteiger charge is -2.24. The fourth-order valence-corrected chi connectivity index (χ4v) is 2.88. The van der Waals surface area contributed by atoms with E-state index in [1.165, 1.54) is 31.4 Å². The van der Waals surface area contributed by atoms with E-state index in [2.05, 4.69) is 48.0 Å². The Morgan fingerprint density at radius 1 is 0.875 bits per heavy atom. The second-order valence-electron chi connectivity index (χ2n) is 6.23. The average molecular weight is 322 g/mol. The third kappa shape index (κ3) is 3.78. The number of hydrogen-bond donors (Lipinski definition) is 0. The van der Waals surface area contributed by atoms with Gasteiger partial charge in [-0.3, -0.25) is 0 Å². The Balaban J connectivity index is 1.80. The van der Waals surface area contributed by atoms with Crippen LogP contribution in [0.5, 0.6) is 0 Å². The van der Waals surface area contributed by atoms with Crippen LogP contribution in [0.25, 0.3) is 22.6 Å². The van der Waals surface area contributed by atoms with Gasteiger partial charge in [0.25, 0.3) is 0 Å². The van der Waals surface area contributed by atoms with Gasteiger partial charge in [0.2, 0.25) is 5.89 Å². The zero-order chi connectivity index (χ0) is 16.8. The van der Waals surface area contributed by atoms with Gasteiger partial charge < -0.3 is 9.32 Å². The van der Waals surface area contributed by atoms with Gasteiger partial charge in [-0.2, -0.15) is 0 Å². The molecule has 0 saturated carbocycles. The number of hydrogen-bond acceptors (Lipinski definition) is 3. The van der Waals surface area contributed by atoms with Crippen LogP contribution >= 0.6 is 0 Å². The molecule has 2 aromatic carbocycles. The number of para-hydroxylation sites is 2. The zero-order valence-electron chi connectivity index (χ0n) is 14.7. The van der Waals surface area contributed by atoms with Crippen LogP contribution in [0.4, 0.5) is 5.69 Å². The maximum absolute atomic E-state index is 5.86. The largest absolute Gasteiger partial charge is 0.436 e. The van der Waals surface area contributed by atoms with Crippen LogP contribution in [0.2, 0.25) is 0 Å². The highest BCUT2D eigenvalue weighted by atomic mass is 16.3. The van der Waals surface area contributed by atoms with Gasteiger partial charge in [0.15, 0.2) is 5.58 Å². The SMILES string of the molecule is CCCCN(CCCC)c1ccc(-c2nc3ccccc3o2)cc1. The van der Waals surface area contributed by atoms with E-state index in [9.17, 15) is 0 Å². The number of benzene rings is 2. The summed E-state index contributed by atoms with van der Waals surface area (Å²) in [5, 5.41) is 0. The molecule has 0 saturated heterocycles. The lowest BCUT2D eigenvalue weighted by Crippen LogP contribution is -2.25. The van der Waals surface area contributed by atoms with Gasteiger partial charge >= 0.3 is 0 Å². The lowest BCUT2D eigenvalue weighted by atomic mass is 10.1. The molecule has 1 aromatic heterocycles. The number of nitrogens with zero attached hydrogens (tertiary/aromatic N) is 2. The molecule has 0 aliphatic rings. The van der Waals surface area contributed by atoms with Crippen molar-refractivity contribution in [1.82, 2.24) is 4.98 Å². The summed E-state index contributed by atoms with van der Waals surface area (Å²) in [6.45, 7) is 6.74. The quantitative estimate of drug-likeness (QED) is 0.517. The minimum Gasteiger partial charge on any atom is -0.436 e. The molecule has 0 N–H and O–H groups in total. The van der Waals surface area contributed by atoms with Crippen LogP contribution in [-0.2, 0) is 0 Å². The number of oxazole rings is 1. The molecule has 0 unspecified atom stereocenters. The normalized spacial score (nSPS) is 11.1. The van der Waals surface area contributed by atoms with E-state index in [1.54, 1.807) is 0 Å². The fraction of sp³-hybridized carbons (Fsp3) is 0.381. The summed E-state index contributed by atoms with van der Waals surface area (Å²) in [5.74, 6) is 0.691. The molecule has 3 aromatic rings. The van der Waals surface area contributed by atoms with E-state index in [-0.39, 0.29) is 0 Å². The molecule has 126 valence electrons. The van der Waals surface area contributed by atoms with Crippen molar-refractivity contribution in [3.63, 3.8) is 0 Å². The number of fused-ring (bicyclic) bond motifs is 1. The van der Waals surface area contributed by atoms with Gasteiger partial charge in [0.05, 0.1) is 0 Å². The minimum absolute atomic E-state index is 0.691. The van der Waals surface area contributed by atoms with E-state index < -0.39 is 0 Å². The Labute approximate surface area is 144 Å². The van der Waals surface area contributed by atoms with Gasteiger partial charge in [-0.05, 0) is 49.2 Å². The van der Waals surface area contributed by atoms with Gasteiger partial charge in [0.1, 0.15) is 5.52 Å². The summed E-state index contributed by atoms with van der Waals surface area (Å²) < 4.78 is 5.86. The Bertz CT molecular complexity index is 720. The first kappa shape index (κ1) is 16.6. The molecule has 0 aliphatic heterocycles. The average Bonchev–Trinajstić information content (AvgIpc) is 3.06. The summed E-state index contributed by atoms with van der Waals surface area (Å²) in [5.41, 5.74) is 4.06. The van der Waals surface area contributed by atoms with Gasteiger partial charge in [-0.15, -0.1) is 0 Å². The van der Waals surface area contributed by atoms with E-state index in [1.807, 2.05) is 24.3 Å². The Morgan fingerprint density at radius 3 is 2.17 bits per heavy atom. The molecular weight excluding hydrogens is 296 g/mol. The number of aromatic nitrogens is 1. The first-order valence-corrected chi connectivity index (χ1v) is 9.02. The topological polar surface area (TPSA) is 29.3 Å². The number of rotatable bonds is 8. The monoisotopic (exact) mass is 322 g/mol. The summed E-state index contributed by atoms with van der Waals surface area (Å²) in [6, 6.07) is 16.5. The fourth-order valence-electron chi connectivity index (χ4n) is 2.88. The highest BCUT2D eigenvalue weighted by molar-refractivity contribution is 5.76. The van der Waals surface area contributed by atoms with E-state index in [4.69, 9.17) is 4.42 Å². The van der Waals surface area contributed by atoms with Crippen molar-refractivity contribution in [3.8, 4) is 11.5 Å². The van der Waals surface area contributed by atoms with Crippen LogP contribution in [0.15, 0.2) is 52.9 Å². The van der Waals surface area contributed by atoms with Crippen LogP contribution in [-0.4, -0.2) is 18.1 Å². The smallest absolute Gasteiger partial charge is 0.227 e. The predicted molar refractivity (Wildman–Crippen MR) is 101 cm³/mol. The van der Waals surface area contributed by atoms with Crippen LogP contribution in [0, 0.1) is 0 Å². The molecule has 0 bridgehead atoms. The van der Waals surface area contributed by atoms with Crippen LogP contribution in [0.1, 0.15) is 39.5 Å². The van der Waals surface area contributed by atoms with Crippen LogP contribution < -0.4 is 4.90 Å². The molecule has 3 heteroatoms. The van der Waals surface area contributed by atoms with Crippen LogP contribution in [0.3, 0.4) is 0 Å². The predicted octanol–water partition coefficient (Wildman–Crippen LogP) is 5.90. The highest BCUT2D eigenvalue weighted by Crippen LogP contribution is 2.26. The van der Waals surface area contributed by atoms with Crippen molar-refractivity contribution in [2.75, 3.05) is 18.0 Å². The zero-order valence-corrected chi connectivity index (χ0v) is 14.7. The molecule has 0 amide bonds. The van der Waals surface area contributed by atoms with E-state index >= 15 is 0 Å². The Kier molecular flexibility index (Phi) is 5.52. The molecule has 0 fully saturated rings. The standard InChI is InChI=1S/C21H26N2O/c1-3-5-15-23(16-6-4-2)18-13-11-17(12-14-18)21-22-19-9-7-8-10-20(19)24-21/h7-14H,3-6,15-16H2,1-2H3. The molecule has 24 heavy (non-hydrogen) atoms. The molecule has 0 spiro atoms.